The van der Waals surface area contributed by atoms with Crippen LogP contribution in [0.15, 0.2) is 0 Å². The van der Waals surface area contributed by atoms with E-state index in [0.29, 0.717) is 0 Å². The fourth-order valence-corrected chi connectivity index (χ4v) is 0.889. The van der Waals surface area contributed by atoms with Crippen LogP contribution in [-0.4, -0.2) is 45.7 Å². The van der Waals surface area contributed by atoms with E-state index in [9.17, 15) is 24.0 Å². The molecule has 21 heavy (non-hydrogen) atoms. The van der Waals surface area contributed by atoms with Crippen molar-refractivity contribution in [2.24, 2.45) is 0 Å². The number of carboxylic acids is 2. The van der Waals surface area contributed by atoms with E-state index in [1.807, 2.05) is 0 Å². The molecule has 0 aromatic rings. The third-order valence-corrected chi connectivity index (χ3v) is 1.31. The van der Waals surface area contributed by atoms with E-state index in [-0.39, 0.29) is 12.2 Å². The van der Waals surface area contributed by atoms with E-state index in [4.69, 9.17) is 10.2 Å². The Morgan fingerprint density at radius 2 is 1.29 bits per heavy atom. The summed E-state index contributed by atoms with van der Waals surface area (Å²) in [4.78, 5) is 49.4. The van der Waals surface area contributed by atoms with E-state index in [0.717, 1.165) is 0 Å². The highest BCUT2D eigenvalue weighted by molar-refractivity contribution is 5.93. The van der Waals surface area contributed by atoms with Gasteiger partial charge in [0.15, 0.2) is 0 Å². The number of carbonyl (C=O) groups excluding carboxylic acids is 3. The molecule has 9 heteroatoms. The summed E-state index contributed by atoms with van der Waals surface area (Å²) in [7, 11) is 0. The van der Waals surface area contributed by atoms with E-state index in [1.165, 1.54) is 27.7 Å². The lowest BCUT2D eigenvalue weighted by molar-refractivity contribution is -0.231. The highest BCUT2D eigenvalue weighted by atomic mass is 16.7. The first-order chi connectivity index (χ1) is 9.35. The molecule has 1 fully saturated rings. The van der Waals surface area contributed by atoms with Crippen LogP contribution in [-0.2, 0) is 33.4 Å². The van der Waals surface area contributed by atoms with Crippen molar-refractivity contribution in [1.82, 2.24) is 0 Å². The predicted molar refractivity (Wildman–Crippen MR) is 67.1 cm³/mol. The van der Waals surface area contributed by atoms with Gasteiger partial charge in [-0.15, -0.1) is 0 Å². The van der Waals surface area contributed by atoms with Crippen molar-refractivity contribution in [3.8, 4) is 0 Å². The van der Waals surface area contributed by atoms with Gasteiger partial charge in [-0.2, -0.15) is 0 Å². The Labute approximate surface area is 120 Å². The summed E-state index contributed by atoms with van der Waals surface area (Å²) >= 11 is 0. The molecule has 2 N–H and O–H groups in total. The van der Waals surface area contributed by atoms with Crippen LogP contribution in [0.3, 0.4) is 0 Å². The van der Waals surface area contributed by atoms with Crippen LogP contribution in [0.1, 0.15) is 40.5 Å². The number of aliphatic carboxylic acids is 2. The average Bonchev–Trinajstić information content (AvgIpc) is 2.09. The SMILES string of the molecule is CC(C)=O.CC1(C)OC(=O)CC(=O)O1.O=C(O)CC(=O)O. The van der Waals surface area contributed by atoms with Gasteiger partial charge in [0.2, 0.25) is 0 Å². The number of rotatable bonds is 2. The normalized spacial score (nSPS) is 15.0. The molecule has 0 bridgehead atoms. The second kappa shape index (κ2) is 9.45. The predicted octanol–water partition coefficient (Wildman–Crippen LogP) is 0.354. The smallest absolute Gasteiger partial charge is 0.320 e. The van der Waals surface area contributed by atoms with Crippen molar-refractivity contribution in [2.45, 2.75) is 46.3 Å². The first-order valence-corrected chi connectivity index (χ1v) is 5.70. The fraction of sp³-hybridized carbons (Fsp3) is 0.583. The zero-order chi connectivity index (χ0) is 17.2. The molecule has 0 unspecified atom stereocenters. The molecule has 0 spiro atoms. The first kappa shape index (κ1) is 20.9. The molecule has 1 heterocycles. The summed E-state index contributed by atoms with van der Waals surface area (Å²) in [5.41, 5.74) is 0. The minimum Gasteiger partial charge on any atom is -0.481 e. The molecule has 1 aliphatic rings. The molecule has 0 radical (unpaired) electrons. The Morgan fingerprint density at radius 1 is 1.00 bits per heavy atom. The van der Waals surface area contributed by atoms with Gasteiger partial charge in [0.1, 0.15) is 18.6 Å². The van der Waals surface area contributed by atoms with Gasteiger partial charge in [0.05, 0.1) is 0 Å². The zero-order valence-electron chi connectivity index (χ0n) is 12.2. The van der Waals surface area contributed by atoms with Crippen LogP contribution in [0.4, 0.5) is 0 Å². The van der Waals surface area contributed by atoms with E-state index < -0.39 is 36.1 Å². The number of carboxylic acid groups (broad SMARTS) is 2. The summed E-state index contributed by atoms with van der Waals surface area (Å²) in [6.45, 7) is 6.09. The molecule has 0 aliphatic carbocycles. The third-order valence-electron chi connectivity index (χ3n) is 1.31. The van der Waals surface area contributed by atoms with Crippen molar-refractivity contribution < 1.29 is 43.7 Å². The van der Waals surface area contributed by atoms with Gasteiger partial charge in [0, 0.05) is 13.8 Å². The third kappa shape index (κ3) is 17.6. The molecule has 0 aromatic carbocycles. The molecule has 1 aliphatic heterocycles. The Hall–Kier alpha value is -2.45. The van der Waals surface area contributed by atoms with Gasteiger partial charge in [-0.05, 0) is 13.8 Å². The van der Waals surface area contributed by atoms with Gasteiger partial charge in [-0.25, -0.2) is 0 Å². The van der Waals surface area contributed by atoms with Crippen LogP contribution in [0.25, 0.3) is 0 Å². The van der Waals surface area contributed by atoms with Gasteiger partial charge in [-0.1, -0.05) is 0 Å². The first-order valence-electron chi connectivity index (χ1n) is 5.70. The summed E-state index contributed by atoms with van der Waals surface area (Å²) in [5, 5.41) is 15.4. The van der Waals surface area contributed by atoms with E-state index >= 15 is 0 Å². The lowest BCUT2D eigenvalue weighted by atomic mass is 10.3. The number of ether oxygens (including phenoxy) is 2. The Morgan fingerprint density at radius 3 is 1.43 bits per heavy atom. The summed E-state index contributed by atoms with van der Waals surface area (Å²) in [6, 6.07) is 0. The van der Waals surface area contributed by atoms with E-state index in [2.05, 4.69) is 9.47 Å². The van der Waals surface area contributed by atoms with Crippen LogP contribution < -0.4 is 0 Å². The second-order valence-electron chi connectivity index (χ2n) is 4.40. The summed E-state index contributed by atoms with van der Waals surface area (Å²) < 4.78 is 9.32. The minimum atomic E-state index is -1.31. The number of cyclic esters (lactones) is 2. The lowest BCUT2D eigenvalue weighted by Crippen LogP contribution is -2.39. The average molecular weight is 306 g/mol. The quantitative estimate of drug-likeness (QED) is 0.545. The maximum absolute atomic E-state index is 10.6. The standard InChI is InChI=1S/C6H8O4.C3H4O4.C3H6O/c1-6(2)9-4(7)3-5(8)10-6;4-2(5)1-3(6)7;1-3(2)4/h3H2,1-2H3;1H2,(H,4,5)(H,6,7);1-2H3. The fourth-order valence-electron chi connectivity index (χ4n) is 0.889. The molecule has 0 atom stereocenters. The molecular weight excluding hydrogens is 288 g/mol. The van der Waals surface area contributed by atoms with Gasteiger partial charge >= 0.3 is 23.9 Å². The molecule has 1 rings (SSSR count). The van der Waals surface area contributed by atoms with Crippen LogP contribution in [0.2, 0.25) is 0 Å². The maximum atomic E-state index is 10.6. The molecule has 120 valence electrons. The van der Waals surface area contributed by atoms with Gasteiger partial charge in [0.25, 0.3) is 5.79 Å². The Bertz CT molecular complexity index is 388. The van der Waals surface area contributed by atoms with Gasteiger partial charge < -0.3 is 24.5 Å². The Kier molecular flexibility index (Phi) is 9.39. The summed E-state index contributed by atoms with van der Waals surface area (Å²) in [5.74, 6) is -4.59. The monoisotopic (exact) mass is 306 g/mol. The number of hydrogen-bond acceptors (Lipinski definition) is 7. The van der Waals surface area contributed by atoms with Crippen molar-refractivity contribution in [3.63, 3.8) is 0 Å². The highest BCUT2D eigenvalue weighted by Gasteiger charge is 2.34. The number of Topliss-reactive ketones (excluding diaryl/α,β-unsaturated/α-hetero) is 1. The lowest BCUT2D eigenvalue weighted by Gasteiger charge is -2.28. The van der Waals surface area contributed by atoms with Crippen molar-refractivity contribution in [3.05, 3.63) is 0 Å². The maximum Gasteiger partial charge on any atom is 0.320 e. The largest absolute Gasteiger partial charge is 0.481 e. The molecule has 9 nitrogen and oxygen atoms in total. The molecule has 0 aromatic heterocycles. The number of esters is 2. The topological polar surface area (TPSA) is 144 Å². The number of carbonyl (C=O) groups is 5. The van der Waals surface area contributed by atoms with Crippen molar-refractivity contribution in [1.29, 1.82) is 0 Å². The van der Waals surface area contributed by atoms with Crippen LogP contribution in [0, 0.1) is 0 Å². The van der Waals surface area contributed by atoms with Crippen LogP contribution >= 0.6 is 0 Å². The van der Waals surface area contributed by atoms with E-state index in [1.54, 1.807) is 0 Å². The number of hydrogen-bond donors (Lipinski definition) is 2. The molecule has 0 amide bonds. The van der Waals surface area contributed by atoms with Gasteiger partial charge in [-0.3, -0.25) is 19.2 Å². The highest BCUT2D eigenvalue weighted by Crippen LogP contribution is 2.18. The molecule has 1 saturated heterocycles. The van der Waals surface area contributed by atoms with Crippen molar-refractivity contribution >= 4 is 29.7 Å². The summed E-state index contributed by atoms with van der Waals surface area (Å²) in [6.07, 6.45) is -1.08. The molecular formula is C12H18O9. The Balaban J connectivity index is 0. The minimum absolute atomic E-state index is 0.167. The molecule has 0 saturated carbocycles. The van der Waals surface area contributed by atoms with Crippen molar-refractivity contribution in [2.75, 3.05) is 0 Å². The zero-order valence-corrected chi connectivity index (χ0v) is 12.2. The second-order valence-corrected chi connectivity index (χ2v) is 4.40. The van der Waals surface area contributed by atoms with Crippen LogP contribution in [0.5, 0.6) is 0 Å². The number of ketones is 1.